The summed E-state index contributed by atoms with van der Waals surface area (Å²) in [4.78, 5) is 2.44. The fourth-order valence-corrected chi connectivity index (χ4v) is 3.45. The van der Waals surface area contributed by atoms with Crippen LogP contribution in [0.15, 0.2) is 0 Å². The van der Waals surface area contributed by atoms with Gasteiger partial charge in [-0.15, -0.1) is 0 Å². The highest BCUT2D eigenvalue weighted by atomic mass is 28.3. The molecule has 0 aromatic carbocycles. The molecule has 1 aliphatic heterocycles. The highest BCUT2D eigenvalue weighted by Crippen LogP contribution is 2.20. The number of hydrogen-bond acceptors (Lipinski definition) is 1. The molecule has 9 heavy (non-hydrogen) atoms. The zero-order chi connectivity index (χ0) is 6.91. The Morgan fingerprint density at radius 2 is 1.56 bits per heavy atom. The average Bonchev–Trinajstić information content (AvgIpc) is 1.78. The number of nitrogens with zero attached hydrogens (tertiary/aromatic N) is 1. The van der Waals surface area contributed by atoms with Crippen molar-refractivity contribution in [3.05, 3.63) is 0 Å². The first kappa shape index (κ1) is 7.29. The van der Waals surface area contributed by atoms with Crippen LogP contribution in [0.5, 0.6) is 0 Å². The highest BCUT2D eigenvalue weighted by molar-refractivity contribution is 6.77. The molecule has 1 aliphatic rings. The van der Waals surface area contributed by atoms with Gasteiger partial charge in [0.25, 0.3) is 0 Å². The van der Waals surface area contributed by atoms with Crippen molar-refractivity contribution in [2.45, 2.75) is 25.2 Å². The molecule has 0 aromatic heterocycles. The molecule has 0 aromatic rings. The monoisotopic (exact) mass is 143 g/mol. The maximum absolute atomic E-state index is 2.50. The van der Waals surface area contributed by atoms with Crippen molar-refractivity contribution in [2.24, 2.45) is 0 Å². The Morgan fingerprint density at radius 1 is 1.11 bits per heavy atom. The molecule has 1 nitrogen and oxygen atoms in total. The van der Waals surface area contributed by atoms with E-state index in [4.69, 9.17) is 0 Å². The summed E-state index contributed by atoms with van der Waals surface area (Å²) in [6.07, 6.45) is 0. The van der Waals surface area contributed by atoms with E-state index in [2.05, 4.69) is 25.0 Å². The molecule has 0 radical (unpaired) electrons. The van der Waals surface area contributed by atoms with Crippen molar-refractivity contribution < 1.29 is 0 Å². The third kappa shape index (κ3) is 2.10. The van der Waals surface area contributed by atoms with Crippen molar-refractivity contribution in [3.63, 3.8) is 0 Å². The standard InChI is InChI=1S/C7H17NSi/c1-8-4-6-9(2,3)7-5-8/h4-7H2,1-3H3. The van der Waals surface area contributed by atoms with Crippen LogP contribution < -0.4 is 0 Å². The molecule has 54 valence electrons. The normalized spacial score (nSPS) is 28.3. The van der Waals surface area contributed by atoms with Gasteiger partial charge in [-0.3, -0.25) is 0 Å². The van der Waals surface area contributed by atoms with Crippen molar-refractivity contribution in [1.82, 2.24) is 4.90 Å². The highest BCUT2D eigenvalue weighted by Gasteiger charge is 2.24. The van der Waals surface area contributed by atoms with E-state index in [-0.39, 0.29) is 0 Å². The van der Waals surface area contributed by atoms with Crippen LogP contribution in [0.25, 0.3) is 0 Å². The second-order valence-electron chi connectivity index (χ2n) is 3.97. The van der Waals surface area contributed by atoms with Crippen molar-refractivity contribution in [1.29, 1.82) is 0 Å². The van der Waals surface area contributed by atoms with Gasteiger partial charge in [0.1, 0.15) is 0 Å². The third-order valence-electron chi connectivity index (χ3n) is 2.34. The van der Waals surface area contributed by atoms with Crippen LogP contribution in [0.4, 0.5) is 0 Å². The van der Waals surface area contributed by atoms with Gasteiger partial charge in [0, 0.05) is 8.07 Å². The van der Waals surface area contributed by atoms with E-state index in [1.807, 2.05) is 0 Å². The van der Waals surface area contributed by atoms with Crippen molar-refractivity contribution in [3.8, 4) is 0 Å². The molecule has 1 saturated heterocycles. The fourth-order valence-electron chi connectivity index (χ4n) is 1.22. The van der Waals surface area contributed by atoms with Crippen LogP contribution in [-0.4, -0.2) is 33.1 Å². The minimum Gasteiger partial charge on any atom is -0.307 e. The van der Waals surface area contributed by atoms with Crippen LogP contribution in [-0.2, 0) is 0 Å². The van der Waals surface area contributed by atoms with E-state index >= 15 is 0 Å². The maximum atomic E-state index is 2.50. The molecule has 0 aliphatic carbocycles. The summed E-state index contributed by atoms with van der Waals surface area (Å²) in [5.41, 5.74) is 0. The lowest BCUT2D eigenvalue weighted by Gasteiger charge is -2.33. The SMILES string of the molecule is CN1CC[Si](C)(C)CC1. The zero-order valence-corrected chi connectivity index (χ0v) is 7.78. The minimum atomic E-state index is -0.674. The zero-order valence-electron chi connectivity index (χ0n) is 6.78. The van der Waals surface area contributed by atoms with E-state index in [1.54, 1.807) is 0 Å². The summed E-state index contributed by atoms with van der Waals surface area (Å²) in [5, 5.41) is 0. The van der Waals surface area contributed by atoms with Gasteiger partial charge >= 0.3 is 0 Å². The second-order valence-corrected chi connectivity index (χ2v) is 9.30. The molecule has 1 rings (SSSR count). The lowest BCUT2D eigenvalue weighted by molar-refractivity contribution is 0.355. The molecule has 1 heterocycles. The van der Waals surface area contributed by atoms with Gasteiger partial charge in [0.05, 0.1) is 0 Å². The molecule has 0 bridgehead atoms. The van der Waals surface area contributed by atoms with Crippen LogP contribution >= 0.6 is 0 Å². The molecule has 0 saturated carbocycles. The fraction of sp³-hybridized carbons (Fsp3) is 1.00. The Kier molecular flexibility index (Phi) is 1.96. The van der Waals surface area contributed by atoms with Crippen molar-refractivity contribution >= 4 is 8.07 Å². The van der Waals surface area contributed by atoms with Crippen LogP contribution in [0.2, 0.25) is 25.2 Å². The molecule has 0 atom stereocenters. The van der Waals surface area contributed by atoms with Crippen LogP contribution in [0.1, 0.15) is 0 Å². The lowest BCUT2D eigenvalue weighted by Crippen LogP contribution is -2.40. The Labute approximate surface area is 59.1 Å². The summed E-state index contributed by atoms with van der Waals surface area (Å²) in [6, 6.07) is 3.01. The van der Waals surface area contributed by atoms with Gasteiger partial charge < -0.3 is 4.90 Å². The van der Waals surface area contributed by atoms with E-state index in [1.165, 1.54) is 25.2 Å². The van der Waals surface area contributed by atoms with Gasteiger partial charge in [-0.25, -0.2) is 0 Å². The minimum absolute atomic E-state index is 0.674. The van der Waals surface area contributed by atoms with E-state index < -0.39 is 8.07 Å². The van der Waals surface area contributed by atoms with E-state index in [0.717, 1.165) is 0 Å². The van der Waals surface area contributed by atoms with Gasteiger partial charge in [0.15, 0.2) is 0 Å². The summed E-state index contributed by atoms with van der Waals surface area (Å²) in [5.74, 6) is 0. The Hall–Kier alpha value is 0.177. The smallest absolute Gasteiger partial charge is 0.0498 e. The average molecular weight is 143 g/mol. The molecular weight excluding hydrogens is 126 g/mol. The molecule has 0 spiro atoms. The predicted molar refractivity (Wildman–Crippen MR) is 44.6 cm³/mol. The number of rotatable bonds is 0. The maximum Gasteiger partial charge on any atom is 0.0498 e. The van der Waals surface area contributed by atoms with Gasteiger partial charge in [-0.05, 0) is 32.2 Å². The Balaban J connectivity index is 2.35. The first-order valence-electron chi connectivity index (χ1n) is 3.79. The summed E-state index contributed by atoms with van der Waals surface area (Å²) in [7, 11) is 1.55. The second kappa shape index (κ2) is 2.43. The number of hydrogen-bond donors (Lipinski definition) is 0. The summed E-state index contributed by atoms with van der Waals surface area (Å²) >= 11 is 0. The van der Waals surface area contributed by atoms with Gasteiger partial charge in [-0.1, -0.05) is 13.1 Å². The van der Waals surface area contributed by atoms with E-state index in [9.17, 15) is 0 Å². The summed E-state index contributed by atoms with van der Waals surface area (Å²) in [6.45, 7) is 7.69. The third-order valence-corrected chi connectivity index (χ3v) is 5.49. The topological polar surface area (TPSA) is 3.24 Å². The first-order valence-corrected chi connectivity index (χ1v) is 7.20. The molecule has 0 unspecified atom stereocenters. The quantitative estimate of drug-likeness (QED) is 0.466. The Morgan fingerprint density at radius 3 is 1.89 bits per heavy atom. The molecule has 2 heteroatoms. The van der Waals surface area contributed by atoms with Gasteiger partial charge in [-0.2, -0.15) is 0 Å². The largest absolute Gasteiger partial charge is 0.307 e. The molecule has 1 fully saturated rings. The van der Waals surface area contributed by atoms with Crippen molar-refractivity contribution in [2.75, 3.05) is 20.1 Å². The lowest BCUT2D eigenvalue weighted by atomic mass is 10.5. The molecular formula is C7H17NSi. The van der Waals surface area contributed by atoms with Crippen LogP contribution in [0, 0.1) is 0 Å². The molecule has 0 N–H and O–H groups in total. The van der Waals surface area contributed by atoms with Gasteiger partial charge in [0.2, 0.25) is 0 Å². The Bertz CT molecular complexity index is 91.1. The summed E-state index contributed by atoms with van der Waals surface area (Å²) < 4.78 is 0. The van der Waals surface area contributed by atoms with Crippen LogP contribution in [0.3, 0.4) is 0 Å². The predicted octanol–water partition coefficient (Wildman–Crippen LogP) is 1.64. The first-order chi connectivity index (χ1) is 4.10. The van der Waals surface area contributed by atoms with E-state index in [0.29, 0.717) is 0 Å². The molecule has 0 amide bonds.